The lowest BCUT2D eigenvalue weighted by molar-refractivity contribution is 0.596. The third-order valence-corrected chi connectivity index (χ3v) is 2.68. The van der Waals surface area contributed by atoms with Crippen molar-refractivity contribution >= 4 is 9.84 Å². The van der Waals surface area contributed by atoms with E-state index in [1.807, 2.05) is 6.92 Å². The lowest BCUT2D eigenvalue weighted by Gasteiger charge is -2.03. The van der Waals surface area contributed by atoms with Crippen molar-refractivity contribution in [3.8, 4) is 0 Å². The number of aromatic nitrogens is 2. The number of hydrogen-bond acceptors (Lipinski definition) is 5. The Morgan fingerprint density at radius 1 is 1.43 bits per heavy atom. The Labute approximate surface area is 83.3 Å². The van der Waals surface area contributed by atoms with Gasteiger partial charge in [0.1, 0.15) is 5.82 Å². The summed E-state index contributed by atoms with van der Waals surface area (Å²) in [6.45, 7) is 2.08. The summed E-state index contributed by atoms with van der Waals surface area (Å²) in [5.74, 6) is 0.508. The quantitative estimate of drug-likeness (QED) is 0.712. The van der Waals surface area contributed by atoms with Gasteiger partial charge in [-0.15, -0.1) is 0 Å². The zero-order chi connectivity index (χ0) is 10.8. The predicted octanol–water partition coefficient (Wildman–Crippen LogP) is -0.0988. The molecule has 5 nitrogen and oxygen atoms in total. The van der Waals surface area contributed by atoms with Crippen molar-refractivity contribution in [1.29, 1.82) is 0 Å². The van der Waals surface area contributed by atoms with E-state index in [1.54, 1.807) is 0 Å². The van der Waals surface area contributed by atoms with Gasteiger partial charge in [0, 0.05) is 19.2 Å². The number of nitrogens with zero attached hydrogens (tertiary/aromatic N) is 2. The Morgan fingerprint density at radius 2 is 2.07 bits per heavy atom. The first-order valence-corrected chi connectivity index (χ1v) is 6.13. The van der Waals surface area contributed by atoms with Gasteiger partial charge >= 0.3 is 0 Å². The average Bonchev–Trinajstić information content (AvgIpc) is 2.15. The summed E-state index contributed by atoms with van der Waals surface area (Å²) in [6.07, 6.45) is 1.71. The molecule has 0 radical (unpaired) electrons. The molecule has 78 valence electrons. The van der Waals surface area contributed by atoms with Gasteiger partial charge in [-0.1, -0.05) is 6.92 Å². The molecule has 0 fully saturated rings. The largest absolute Gasteiger partial charge is 0.325 e. The Morgan fingerprint density at radius 3 is 2.50 bits per heavy atom. The van der Waals surface area contributed by atoms with Gasteiger partial charge in [-0.3, -0.25) is 0 Å². The molecule has 0 spiro atoms. The second-order valence-electron chi connectivity index (χ2n) is 2.94. The molecule has 6 heteroatoms. The van der Waals surface area contributed by atoms with E-state index in [0.717, 1.165) is 6.26 Å². The minimum atomic E-state index is -3.27. The van der Waals surface area contributed by atoms with E-state index in [-0.39, 0.29) is 11.6 Å². The molecule has 0 bridgehead atoms. The van der Waals surface area contributed by atoms with Crippen LogP contribution in [0.5, 0.6) is 0 Å². The van der Waals surface area contributed by atoms with E-state index in [1.165, 1.54) is 6.07 Å². The summed E-state index contributed by atoms with van der Waals surface area (Å²) in [5, 5.41) is 0.0461. The molecule has 0 aliphatic rings. The molecule has 14 heavy (non-hydrogen) atoms. The minimum Gasteiger partial charge on any atom is -0.325 e. The van der Waals surface area contributed by atoms with Gasteiger partial charge < -0.3 is 5.73 Å². The molecule has 1 aromatic rings. The van der Waals surface area contributed by atoms with E-state index in [9.17, 15) is 8.42 Å². The molecule has 0 amide bonds. The van der Waals surface area contributed by atoms with Crippen molar-refractivity contribution in [2.24, 2.45) is 5.73 Å². The fraction of sp³-hybridized carbons (Fsp3) is 0.500. The second kappa shape index (κ2) is 4.02. The monoisotopic (exact) mass is 215 g/mol. The van der Waals surface area contributed by atoms with E-state index >= 15 is 0 Å². The number of rotatable bonds is 3. The molecular weight excluding hydrogens is 202 g/mol. The predicted molar refractivity (Wildman–Crippen MR) is 52.4 cm³/mol. The lowest BCUT2D eigenvalue weighted by Crippen LogP contribution is -2.09. The summed E-state index contributed by atoms with van der Waals surface area (Å²) in [4.78, 5) is 8.00. The van der Waals surface area contributed by atoms with Gasteiger partial charge in [0.05, 0.1) is 5.69 Å². The van der Waals surface area contributed by atoms with Crippen molar-refractivity contribution in [3.63, 3.8) is 0 Å². The Kier molecular flexibility index (Phi) is 3.17. The third kappa shape index (κ3) is 2.49. The maximum atomic E-state index is 11.2. The molecular formula is C8H13N3O2S. The summed E-state index contributed by atoms with van der Waals surface area (Å²) in [5.41, 5.74) is 5.95. The fourth-order valence-corrected chi connectivity index (χ4v) is 1.60. The standard InChI is InChI=1S/C8H13N3O2S/c1-3-7-10-6(5-9)4-8(11-7)14(2,12)13/h4H,3,5,9H2,1-2H3. The van der Waals surface area contributed by atoms with Crippen LogP contribution < -0.4 is 5.73 Å². The average molecular weight is 215 g/mol. The van der Waals surface area contributed by atoms with E-state index < -0.39 is 9.84 Å². The maximum Gasteiger partial charge on any atom is 0.192 e. The highest BCUT2D eigenvalue weighted by Gasteiger charge is 2.11. The van der Waals surface area contributed by atoms with Gasteiger partial charge in [0.25, 0.3) is 0 Å². The Bertz CT molecular complexity index is 406. The SMILES string of the molecule is CCc1nc(CN)cc(S(C)(=O)=O)n1. The summed E-state index contributed by atoms with van der Waals surface area (Å²) >= 11 is 0. The number of aryl methyl sites for hydroxylation is 1. The van der Waals surface area contributed by atoms with E-state index in [4.69, 9.17) is 5.73 Å². The first-order chi connectivity index (χ1) is 6.47. The van der Waals surface area contributed by atoms with Crippen molar-refractivity contribution in [2.75, 3.05) is 6.26 Å². The molecule has 0 aliphatic heterocycles. The van der Waals surface area contributed by atoms with Crippen molar-refractivity contribution in [1.82, 2.24) is 9.97 Å². The van der Waals surface area contributed by atoms with Crippen LogP contribution in [0.1, 0.15) is 18.4 Å². The van der Waals surface area contributed by atoms with Crippen LogP contribution in [0.4, 0.5) is 0 Å². The minimum absolute atomic E-state index is 0.0461. The zero-order valence-electron chi connectivity index (χ0n) is 8.19. The Hall–Kier alpha value is -1.01. The summed E-state index contributed by atoms with van der Waals surface area (Å²) in [7, 11) is -3.27. The second-order valence-corrected chi connectivity index (χ2v) is 4.91. The smallest absolute Gasteiger partial charge is 0.192 e. The highest BCUT2D eigenvalue weighted by Crippen LogP contribution is 2.07. The van der Waals surface area contributed by atoms with Crippen LogP contribution >= 0.6 is 0 Å². The van der Waals surface area contributed by atoms with E-state index in [2.05, 4.69) is 9.97 Å². The first kappa shape index (κ1) is 11.1. The number of hydrogen-bond donors (Lipinski definition) is 1. The maximum absolute atomic E-state index is 11.2. The third-order valence-electron chi connectivity index (χ3n) is 1.71. The van der Waals surface area contributed by atoms with Crippen molar-refractivity contribution in [3.05, 3.63) is 17.6 Å². The zero-order valence-corrected chi connectivity index (χ0v) is 9.00. The van der Waals surface area contributed by atoms with Gasteiger partial charge in [0.2, 0.25) is 0 Å². The summed E-state index contributed by atoms with van der Waals surface area (Å²) < 4.78 is 22.5. The number of nitrogens with two attached hydrogens (primary N) is 1. The van der Waals surface area contributed by atoms with Crippen LogP contribution in [0, 0.1) is 0 Å². The van der Waals surface area contributed by atoms with Gasteiger partial charge in [-0.05, 0) is 6.07 Å². The topological polar surface area (TPSA) is 85.9 Å². The van der Waals surface area contributed by atoms with E-state index in [0.29, 0.717) is 17.9 Å². The lowest BCUT2D eigenvalue weighted by atomic mass is 10.4. The van der Waals surface area contributed by atoms with Crippen LogP contribution in [0.15, 0.2) is 11.1 Å². The van der Waals surface area contributed by atoms with Crippen molar-refractivity contribution in [2.45, 2.75) is 24.9 Å². The summed E-state index contributed by atoms with van der Waals surface area (Å²) in [6, 6.07) is 1.41. The molecule has 0 aliphatic carbocycles. The molecule has 2 N–H and O–H groups in total. The van der Waals surface area contributed by atoms with Crippen LogP contribution in [-0.4, -0.2) is 24.6 Å². The number of sulfone groups is 1. The first-order valence-electron chi connectivity index (χ1n) is 4.24. The molecule has 1 heterocycles. The van der Waals surface area contributed by atoms with Crippen LogP contribution in [0.3, 0.4) is 0 Å². The van der Waals surface area contributed by atoms with Crippen molar-refractivity contribution < 1.29 is 8.42 Å². The highest BCUT2D eigenvalue weighted by molar-refractivity contribution is 7.90. The molecule has 0 atom stereocenters. The fourth-order valence-electron chi connectivity index (χ4n) is 0.978. The van der Waals surface area contributed by atoms with Crippen LogP contribution in [-0.2, 0) is 22.8 Å². The molecule has 0 aromatic carbocycles. The van der Waals surface area contributed by atoms with Crippen LogP contribution in [0.25, 0.3) is 0 Å². The van der Waals surface area contributed by atoms with Gasteiger partial charge in [0.15, 0.2) is 14.9 Å². The molecule has 1 rings (SSSR count). The van der Waals surface area contributed by atoms with Gasteiger partial charge in [-0.2, -0.15) is 0 Å². The highest BCUT2D eigenvalue weighted by atomic mass is 32.2. The molecule has 1 aromatic heterocycles. The Balaban J connectivity index is 3.32. The normalized spacial score (nSPS) is 11.6. The molecule has 0 unspecified atom stereocenters. The molecule has 0 saturated heterocycles. The van der Waals surface area contributed by atoms with Crippen LogP contribution in [0.2, 0.25) is 0 Å². The molecule has 0 saturated carbocycles. The van der Waals surface area contributed by atoms with Gasteiger partial charge in [-0.25, -0.2) is 18.4 Å².